The van der Waals surface area contributed by atoms with Crippen molar-refractivity contribution < 1.29 is 0 Å². The number of likely N-dealkylation sites (tertiary alicyclic amines) is 1. The van der Waals surface area contributed by atoms with Gasteiger partial charge in [-0.1, -0.05) is 19.4 Å². The number of aromatic nitrogens is 1. The molecule has 0 radical (unpaired) electrons. The van der Waals surface area contributed by atoms with Gasteiger partial charge in [0.2, 0.25) is 0 Å². The summed E-state index contributed by atoms with van der Waals surface area (Å²) in [5.74, 6) is 1.17. The first-order chi connectivity index (χ1) is 9.88. The maximum atomic E-state index is 4.73. The van der Waals surface area contributed by atoms with Crippen LogP contribution in [-0.2, 0) is 0 Å². The molecule has 0 aliphatic carbocycles. The van der Waals surface area contributed by atoms with E-state index in [-0.39, 0.29) is 0 Å². The fourth-order valence-electron chi connectivity index (χ4n) is 3.65. The summed E-state index contributed by atoms with van der Waals surface area (Å²) >= 11 is 0. The molecule has 2 saturated heterocycles. The third-order valence-corrected chi connectivity index (χ3v) is 4.71. The van der Waals surface area contributed by atoms with Crippen molar-refractivity contribution >= 4 is 5.82 Å². The van der Waals surface area contributed by atoms with E-state index in [0.717, 1.165) is 0 Å². The average Bonchev–Trinajstić information content (AvgIpc) is 3.03. The summed E-state index contributed by atoms with van der Waals surface area (Å²) in [6, 6.07) is 5.16. The minimum atomic E-state index is 0.601. The van der Waals surface area contributed by atoms with Gasteiger partial charge in [-0.3, -0.25) is 4.90 Å². The highest BCUT2D eigenvalue weighted by molar-refractivity contribution is 5.40. The number of pyridine rings is 1. The Bertz CT molecular complexity index is 407. The van der Waals surface area contributed by atoms with Crippen molar-refractivity contribution in [2.24, 2.45) is 0 Å². The molecule has 0 bridgehead atoms. The molecule has 1 aromatic rings. The molecule has 0 unspecified atom stereocenters. The molecule has 20 heavy (non-hydrogen) atoms. The predicted octanol–water partition coefficient (Wildman–Crippen LogP) is 3.62. The van der Waals surface area contributed by atoms with E-state index >= 15 is 0 Å². The zero-order valence-corrected chi connectivity index (χ0v) is 12.7. The van der Waals surface area contributed by atoms with Crippen LogP contribution >= 0.6 is 0 Å². The van der Waals surface area contributed by atoms with Crippen molar-refractivity contribution in [2.45, 2.75) is 51.5 Å². The van der Waals surface area contributed by atoms with Crippen LogP contribution in [0.3, 0.4) is 0 Å². The van der Waals surface area contributed by atoms with Gasteiger partial charge in [-0.05, 0) is 56.8 Å². The quantitative estimate of drug-likeness (QED) is 0.835. The van der Waals surface area contributed by atoms with E-state index in [1.54, 1.807) is 0 Å². The summed E-state index contributed by atoms with van der Waals surface area (Å²) in [6.07, 6.45) is 10.0. The lowest BCUT2D eigenvalue weighted by atomic mass is 9.96. The number of anilines is 1. The summed E-state index contributed by atoms with van der Waals surface area (Å²) in [6.45, 7) is 7.11. The lowest BCUT2D eigenvalue weighted by Crippen LogP contribution is -2.34. The average molecular weight is 273 g/mol. The van der Waals surface area contributed by atoms with Crippen LogP contribution in [0.15, 0.2) is 18.3 Å². The third-order valence-electron chi connectivity index (χ3n) is 4.71. The highest BCUT2D eigenvalue weighted by atomic mass is 15.2. The Morgan fingerprint density at radius 3 is 2.60 bits per heavy atom. The molecule has 0 aromatic carbocycles. The van der Waals surface area contributed by atoms with Gasteiger partial charge in [0, 0.05) is 25.3 Å². The van der Waals surface area contributed by atoms with E-state index in [9.17, 15) is 0 Å². The van der Waals surface area contributed by atoms with Crippen LogP contribution in [0.25, 0.3) is 0 Å². The fourth-order valence-corrected chi connectivity index (χ4v) is 3.65. The van der Waals surface area contributed by atoms with Crippen LogP contribution in [-0.4, -0.2) is 36.1 Å². The maximum absolute atomic E-state index is 4.73. The summed E-state index contributed by atoms with van der Waals surface area (Å²) < 4.78 is 0. The van der Waals surface area contributed by atoms with Crippen LogP contribution in [0.4, 0.5) is 5.82 Å². The van der Waals surface area contributed by atoms with Gasteiger partial charge in [0.1, 0.15) is 5.82 Å². The molecule has 3 nitrogen and oxygen atoms in total. The SMILES string of the molecule is CCCN1CCCC[C@H]1c1ccc(N2CCCC2)nc1. The second-order valence-corrected chi connectivity index (χ2v) is 6.19. The minimum Gasteiger partial charge on any atom is -0.357 e. The number of piperidine rings is 1. The van der Waals surface area contributed by atoms with Crippen molar-refractivity contribution in [1.29, 1.82) is 0 Å². The van der Waals surface area contributed by atoms with Crippen LogP contribution in [0, 0.1) is 0 Å². The number of hydrogen-bond acceptors (Lipinski definition) is 3. The van der Waals surface area contributed by atoms with Crippen molar-refractivity contribution in [3.05, 3.63) is 23.9 Å². The second kappa shape index (κ2) is 6.57. The first-order valence-corrected chi connectivity index (χ1v) is 8.33. The molecule has 0 N–H and O–H groups in total. The molecule has 1 aromatic heterocycles. The normalized spacial score (nSPS) is 24.2. The minimum absolute atomic E-state index is 0.601. The molecule has 2 fully saturated rings. The topological polar surface area (TPSA) is 19.4 Å². The van der Waals surface area contributed by atoms with E-state index < -0.39 is 0 Å². The smallest absolute Gasteiger partial charge is 0.128 e. The molecule has 0 spiro atoms. The summed E-state index contributed by atoms with van der Waals surface area (Å²) in [5, 5.41) is 0. The molecule has 3 heteroatoms. The predicted molar refractivity (Wildman–Crippen MR) is 84.1 cm³/mol. The number of nitrogens with zero attached hydrogens (tertiary/aromatic N) is 3. The van der Waals surface area contributed by atoms with Gasteiger partial charge >= 0.3 is 0 Å². The Morgan fingerprint density at radius 2 is 1.90 bits per heavy atom. The molecule has 0 amide bonds. The maximum Gasteiger partial charge on any atom is 0.128 e. The van der Waals surface area contributed by atoms with Crippen molar-refractivity contribution in [1.82, 2.24) is 9.88 Å². The Labute approximate surface area is 123 Å². The lowest BCUT2D eigenvalue weighted by molar-refractivity contribution is 0.149. The van der Waals surface area contributed by atoms with Gasteiger partial charge in [0.15, 0.2) is 0 Å². The van der Waals surface area contributed by atoms with Crippen LogP contribution in [0.2, 0.25) is 0 Å². The second-order valence-electron chi connectivity index (χ2n) is 6.19. The molecular formula is C17H27N3. The number of rotatable bonds is 4. The lowest BCUT2D eigenvalue weighted by Gasteiger charge is -2.35. The van der Waals surface area contributed by atoms with Gasteiger partial charge in [-0.15, -0.1) is 0 Å². The highest BCUT2D eigenvalue weighted by Crippen LogP contribution is 2.31. The van der Waals surface area contributed by atoms with Gasteiger partial charge in [0.05, 0.1) is 0 Å². The van der Waals surface area contributed by atoms with Crippen LogP contribution in [0.5, 0.6) is 0 Å². The van der Waals surface area contributed by atoms with Gasteiger partial charge in [0.25, 0.3) is 0 Å². The van der Waals surface area contributed by atoms with E-state index in [1.165, 1.54) is 76.1 Å². The molecule has 3 rings (SSSR count). The first kappa shape index (κ1) is 13.9. The van der Waals surface area contributed by atoms with E-state index in [0.29, 0.717) is 6.04 Å². The van der Waals surface area contributed by atoms with E-state index in [2.05, 4.69) is 35.1 Å². The van der Waals surface area contributed by atoms with Crippen molar-refractivity contribution in [2.75, 3.05) is 31.1 Å². The van der Waals surface area contributed by atoms with Gasteiger partial charge in [-0.2, -0.15) is 0 Å². The molecule has 2 aliphatic rings. The molecule has 1 atom stereocenters. The van der Waals surface area contributed by atoms with Gasteiger partial charge in [-0.25, -0.2) is 4.98 Å². The zero-order chi connectivity index (χ0) is 13.8. The fraction of sp³-hybridized carbons (Fsp3) is 0.706. The van der Waals surface area contributed by atoms with E-state index in [4.69, 9.17) is 4.98 Å². The molecule has 110 valence electrons. The Kier molecular flexibility index (Phi) is 4.56. The summed E-state index contributed by atoms with van der Waals surface area (Å²) in [5.41, 5.74) is 1.42. The van der Waals surface area contributed by atoms with Crippen molar-refractivity contribution in [3.8, 4) is 0 Å². The molecule has 2 aliphatic heterocycles. The zero-order valence-electron chi connectivity index (χ0n) is 12.7. The first-order valence-electron chi connectivity index (χ1n) is 8.33. The van der Waals surface area contributed by atoms with Gasteiger partial charge < -0.3 is 4.90 Å². The Morgan fingerprint density at radius 1 is 1.10 bits per heavy atom. The molecule has 3 heterocycles. The monoisotopic (exact) mass is 273 g/mol. The third kappa shape index (κ3) is 2.98. The molecular weight excluding hydrogens is 246 g/mol. The van der Waals surface area contributed by atoms with Crippen molar-refractivity contribution in [3.63, 3.8) is 0 Å². The number of hydrogen-bond donors (Lipinski definition) is 0. The van der Waals surface area contributed by atoms with Crippen LogP contribution in [0.1, 0.15) is 57.1 Å². The molecule has 0 saturated carbocycles. The van der Waals surface area contributed by atoms with E-state index in [1.807, 2.05) is 0 Å². The largest absolute Gasteiger partial charge is 0.357 e. The summed E-state index contributed by atoms with van der Waals surface area (Å²) in [4.78, 5) is 9.79. The van der Waals surface area contributed by atoms with Crippen LogP contribution < -0.4 is 4.90 Å². The highest BCUT2D eigenvalue weighted by Gasteiger charge is 2.23. The Balaban J connectivity index is 1.71. The Hall–Kier alpha value is -1.09. The summed E-state index contributed by atoms with van der Waals surface area (Å²) in [7, 11) is 0. The standard InChI is InChI=1S/C17H27N3/c1-2-10-19-11-4-3-7-16(19)15-8-9-17(18-14-15)20-12-5-6-13-20/h8-9,14,16H,2-7,10-13H2,1H3/t16-/m0/s1.